The summed E-state index contributed by atoms with van der Waals surface area (Å²) >= 11 is -0.250. The van der Waals surface area contributed by atoms with Gasteiger partial charge in [0, 0.05) is 0 Å². The van der Waals surface area contributed by atoms with Gasteiger partial charge in [0.15, 0.2) is 0 Å². The zero-order valence-electron chi connectivity index (χ0n) is 19.1. The molecule has 0 aromatic heterocycles. The molecule has 0 spiro atoms. The van der Waals surface area contributed by atoms with Gasteiger partial charge in [-0.1, -0.05) is 0 Å². The van der Waals surface area contributed by atoms with Crippen molar-refractivity contribution < 1.29 is 35.7 Å². The van der Waals surface area contributed by atoms with Gasteiger partial charge in [-0.3, -0.25) is 0 Å². The van der Waals surface area contributed by atoms with Crippen LogP contribution in [-0.2, 0) is 11.2 Å². The summed E-state index contributed by atoms with van der Waals surface area (Å²) in [6, 6.07) is 16.5. The topological polar surface area (TPSA) is 69.6 Å². The van der Waals surface area contributed by atoms with Gasteiger partial charge in [-0.05, 0) is 0 Å². The van der Waals surface area contributed by atoms with Crippen molar-refractivity contribution in [3.63, 3.8) is 0 Å². The summed E-state index contributed by atoms with van der Waals surface area (Å²) in [5, 5.41) is 4.84. The second-order valence-corrected chi connectivity index (χ2v) is 10.5. The number of ether oxygens (including phenoxy) is 2. The standard InChI is InChI=1S/C24H31IN5O3/c1-32-21-10-6-9-20(23(21)33-2)22(29-15-13-28(18-31)14-16-29)24-27-26-17-25-30(24)12-11-19-7-4-3-5-8-19/h3-10,18,22,26H,11-17H2,1-2H3/q-1. The van der Waals surface area contributed by atoms with Gasteiger partial charge in [0.1, 0.15) is 0 Å². The molecule has 4 rings (SSSR count). The van der Waals surface area contributed by atoms with Gasteiger partial charge in [0.2, 0.25) is 0 Å². The summed E-state index contributed by atoms with van der Waals surface area (Å²) in [6.07, 6.45) is 1.91. The molecule has 178 valence electrons. The number of hydrazone groups is 1. The average Bonchev–Trinajstić information content (AvgIpc) is 2.89. The molecular weight excluding hydrogens is 533 g/mol. The van der Waals surface area contributed by atoms with Gasteiger partial charge in [-0.25, -0.2) is 0 Å². The molecule has 1 atom stereocenters. The van der Waals surface area contributed by atoms with Crippen LogP contribution < -0.4 is 36.4 Å². The molecule has 2 aromatic rings. The van der Waals surface area contributed by atoms with Crippen molar-refractivity contribution in [3.05, 3.63) is 59.7 Å². The van der Waals surface area contributed by atoms with Crippen molar-refractivity contribution >= 4 is 12.2 Å². The molecule has 0 radical (unpaired) electrons. The number of nitrogens with zero attached hydrogens (tertiary/aromatic N) is 4. The summed E-state index contributed by atoms with van der Waals surface area (Å²) in [6.45, 7) is 3.87. The van der Waals surface area contributed by atoms with Crippen LogP contribution in [0.1, 0.15) is 17.2 Å². The number of piperazine rings is 1. The molecule has 1 N–H and O–H groups in total. The first-order valence-electron chi connectivity index (χ1n) is 11.1. The fraction of sp³-hybridized carbons (Fsp3) is 0.417. The average molecular weight is 564 g/mol. The van der Waals surface area contributed by atoms with Gasteiger partial charge in [0.25, 0.3) is 0 Å². The van der Waals surface area contributed by atoms with Crippen LogP contribution in [0.2, 0.25) is 0 Å². The molecule has 2 aliphatic heterocycles. The van der Waals surface area contributed by atoms with Gasteiger partial charge in [0.05, 0.1) is 0 Å². The van der Waals surface area contributed by atoms with Gasteiger partial charge >= 0.3 is 207 Å². The van der Waals surface area contributed by atoms with Crippen molar-refractivity contribution in [2.75, 3.05) is 51.5 Å². The number of para-hydroxylation sites is 1. The number of rotatable bonds is 9. The minimum atomic E-state index is -0.250. The summed E-state index contributed by atoms with van der Waals surface area (Å²) in [7, 11) is 3.35. The molecule has 1 saturated heterocycles. The van der Waals surface area contributed by atoms with Crippen LogP contribution in [0.3, 0.4) is 0 Å². The first kappa shape index (κ1) is 23.6. The van der Waals surface area contributed by atoms with Crippen LogP contribution in [0.15, 0.2) is 53.6 Å². The second kappa shape index (κ2) is 11.6. The predicted octanol–water partition coefficient (Wildman–Crippen LogP) is -1.06. The van der Waals surface area contributed by atoms with E-state index in [4.69, 9.17) is 14.6 Å². The number of halogens is 1. The molecule has 33 heavy (non-hydrogen) atoms. The molecular formula is C24H31IN5O3-. The van der Waals surface area contributed by atoms with E-state index >= 15 is 0 Å². The summed E-state index contributed by atoms with van der Waals surface area (Å²) in [5.41, 5.74) is 5.63. The zero-order chi connectivity index (χ0) is 23.0. The van der Waals surface area contributed by atoms with E-state index in [2.05, 4.69) is 49.8 Å². The van der Waals surface area contributed by atoms with E-state index in [0.717, 1.165) is 54.2 Å². The fourth-order valence-corrected chi connectivity index (χ4v) is 6.33. The number of amides is 1. The van der Waals surface area contributed by atoms with Crippen LogP contribution >= 0.6 is 0 Å². The molecule has 9 heteroatoms. The van der Waals surface area contributed by atoms with E-state index in [1.54, 1.807) is 14.2 Å². The molecule has 0 bridgehead atoms. The summed E-state index contributed by atoms with van der Waals surface area (Å²) < 4.78 is 14.8. The number of hydrogen-bond donors (Lipinski definition) is 1. The van der Waals surface area contributed by atoms with Crippen LogP contribution in [0.5, 0.6) is 11.5 Å². The maximum atomic E-state index is 11.3. The molecule has 2 aromatic carbocycles. The Morgan fingerprint density at radius 2 is 1.85 bits per heavy atom. The third kappa shape index (κ3) is 5.52. The Hall–Kier alpha value is -2.53. The summed E-state index contributed by atoms with van der Waals surface area (Å²) in [4.78, 5) is 15.5. The van der Waals surface area contributed by atoms with Gasteiger partial charge in [-0.2, -0.15) is 0 Å². The Balaban J connectivity index is 1.67. The number of hydrogen-bond acceptors (Lipinski definition) is 7. The molecule has 1 fully saturated rings. The second-order valence-electron chi connectivity index (χ2n) is 7.87. The first-order chi connectivity index (χ1) is 16.2. The quantitative estimate of drug-likeness (QED) is 0.138. The van der Waals surface area contributed by atoms with E-state index in [1.807, 2.05) is 17.0 Å². The summed E-state index contributed by atoms with van der Waals surface area (Å²) in [5.74, 6) is 2.47. The number of benzene rings is 2. The van der Waals surface area contributed by atoms with Crippen molar-refractivity contribution in [2.24, 2.45) is 5.10 Å². The van der Waals surface area contributed by atoms with E-state index in [-0.39, 0.29) is 27.5 Å². The molecule has 2 heterocycles. The van der Waals surface area contributed by atoms with Crippen molar-refractivity contribution in [3.8, 4) is 11.5 Å². The van der Waals surface area contributed by atoms with Crippen LogP contribution in [0.25, 0.3) is 0 Å². The monoisotopic (exact) mass is 564 g/mol. The normalized spacial score (nSPS) is 17.9. The van der Waals surface area contributed by atoms with E-state index in [9.17, 15) is 4.79 Å². The SMILES string of the molecule is COc1cccc(C(C2=NNC[I-]N2CCc2ccccc2)N2CCN(C=O)CC2)c1OC. The Bertz CT molecular complexity index is 950. The number of nitrogens with one attached hydrogen (secondary N) is 1. The number of methoxy groups -OCH3 is 2. The fourth-order valence-electron chi connectivity index (χ4n) is 4.29. The number of amidine groups is 1. The molecule has 0 aliphatic carbocycles. The number of carbonyl (C=O) groups is 1. The van der Waals surface area contributed by atoms with E-state index in [0.29, 0.717) is 18.8 Å². The van der Waals surface area contributed by atoms with E-state index < -0.39 is 0 Å². The Labute approximate surface area is 206 Å². The van der Waals surface area contributed by atoms with Crippen LogP contribution in [0.4, 0.5) is 0 Å². The van der Waals surface area contributed by atoms with E-state index in [1.165, 1.54) is 5.56 Å². The zero-order valence-corrected chi connectivity index (χ0v) is 21.3. The molecule has 1 unspecified atom stereocenters. The third-order valence-electron chi connectivity index (χ3n) is 5.98. The van der Waals surface area contributed by atoms with Crippen molar-refractivity contribution in [2.45, 2.75) is 12.5 Å². The Kier molecular flexibility index (Phi) is 8.27. The van der Waals surface area contributed by atoms with Crippen molar-refractivity contribution in [1.82, 2.24) is 18.3 Å². The minimum absolute atomic E-state index is 0.0906. The van der Waals surface area contributed by atoms with Crippen LogP contribution in [0, 0.1) is 0 Å². The molecule has 8 nitrogen and oxygen atoms in total. The van der Waals surface area contributed by atoms with Gasteiger partial charge < -0.3 is 0 Å². The third-order valence-corrected chi connectivity index (χ3v) is 8.46. The molecule has 2 aliphatic rings. The number of carbonyl (C=O) groups excluding carboxylic acids is 1. The Morgan fingerprint density at radius 1 is 1.06 bits per heavy atom. The van der Waals surface area contributed by atoms with Gasteiger partial charge in [-0.15, -0.1) is 0 Å². The molecule has 0 saturated carbocycles. The molecule has 1 amide bonds. The number of alkyl halides is 1. The first-order valence-corrected chi connectivity index (χ1v) is 13.6. The van der Waals surface area contributed by atoms with Crippen LogP contribution in [-0.4, -0.2) is 76.7 Å². The Morgan fingerprint density at radius 3 is 2.55 bits per heavy atom. The van der Waals surface area contributed by atoms with Crippen molar-refractivity contribution in [1.29, 1.82) is 0 Å². The maximum absolute atomic E-state index is 11.3. The predicted molar refractivity (Wildman–Crippen MR) is 124 cm³/mol.